The lowest BCUT2D eigenvalue weighted by Gasteiger charge is -2.18. The average molecular weight is 248 g/mol. The van der Waals surface area contributed by atoms with Gasteiger partial charge in [0.1, 0.15) is 0 Å². The highest BCUT2D eigenvalue weighted by molar-refractivity contribution is 9.09. The summed E-state index contributed by atoms with van der Waals surface area (Å²) >= 11 is 3.50. The van der Waals surface area contributed by atoms with Crippen molar-refractivity contribution in [3.63, 3.8) is 0 Å². The second kappa shape index (κ2) is 6.83. The molecule has 0 aliphatic heterocycles. The molecule has 0 heterocycles. The van der Waals surface area contributed by atoms with Gasteiger partial charge in [0.25, 0.3) is 0 Å². The summed E-state index contributed by atoms with van der Waals surface area (Å²) < 4.78 is 0. The summed E-state index contributed by atoms with van der Waals surface area (Å²) in [5, 5.41) is 4.81. The predicted molar refractivity (Wildman–Crippen MR) is 62.5 cm³/mol. The van der Waals surface area contributed by atoms with Crippen LogP contribution in [0.3, 0.4) is 0 Å². The van der Waals surface area contributed by atoms with Crippen molar-refractivity contribution in [2.24, 2.45) is 5.92 Å². The molecule has 2 heteroatoms. The van der Waals surface area contributed by atoms with Crippen LogP contribution in [0.15, 0.2) is 0 Å². The van der Waals surface area contributed by atoms with Crippen molar-refractivity contribution in [3.8, 4) is 0 Å². The molecule has 1 unspecified atom stereocenters. The van der Waals surface area contributed by atoms with Crippen LogP contribution in [-0.2, 0) is 0 Å². The fraction of sp³-hybridized carbons (Fsp3) is 1.00. The monoisotopic (exact) mass is 247 g/mol. The van der Waals surface area contributed by atoms with Gasteiger partial charge in [-0.25, -0.2) is 0 Å². The SMILES string of the molecule is CCC(CCBr)NCC1CCCC1. The van der Waals surface area contributed by atoms with Crippen molar-refractivity contribution >= 4 is 15.9 Å². The first-order chi connectivity index (χ1) is 6.36. The van der Waals surface area contributed by atoms with Gasteiger partial charge in [-0.3, -0.25) is 0 Å². The van der Waals surface area contributed by atoms with Crippen LogP contribution >= 0.6 is 15.9 Å². The van der Waals surface area contributed by atoms with E-state index in [4.69, 9.17) is 0 Å². The Labute approximate surface area is 90.8 Å². The summed E-state index contributed by atoms with van der Waals surface area (Å²) in [6, 6.07) is 0.736. The highest BCUT2D eigenvalue weighted by Gasteiger charge is 2.15. The van der Waals surface area contributed by atoms with Crippen molar-refractivity contribution in [3.05, 3.63) is 0 Å². The summed E-state index contributed by atoms with van der Waals surface area (Å²) in [7, 11) is 0. The topological polar surface area (TPSA) is 12.0 Å². The Kier molecular flexibility index (Phi) is 6.05. The number of nitrogens with one attached hydrogen (secondary N) is 1. The summed E-state index contributed by atoms with van der Waals surface area (Å²) in [6.07, 6.45) is 8.36. The molecule has 0 amide bonds. The van der Waals surface area contributed by atoms with E-state index in [0.29, 0.717) is 0 Å². The smallest absolute Gasteiger partial charge is 0.00725 e. The first-order valence-electron chi connectivity index (χ1n) is 5.66. The van der Waals surface area contributed by atoms with Crippen LogP contribution < -0.4 is 5.32 Å². The van der Waals surface area contributed by atoms with Crippen LogP contribution in [0, 0.1) is 5.92 Å². The Bertz CT molecular complexity index is 121. The maximum absolute atomic E-state index is 3.68. The Morgan fingerprint density at radius 1 is 1.38 bits per heavy atom. The van der Waals surface area contributed by atoms with Gasteiger partial charge in [-0.05, 0) is 38.1 Å². The fourth-order valence-corrected chi connectivity index (χ4v) is 2.68. The third kappa shape index (κ3) is 4.46. The van der Waals surface area contributed by atoms with E-state index >= 15 is 0 Å². The van der Waals surface area contributed by atoms with Crippen molar-refractivity contribution in [1.29, 1.82) is 0 Å². The molecule has 78 valence electrons. The van der Waals surface area contributed by atoms with Crippen molar-refractivity contribution in [1.82, 2.24) is 5.32 Å². The molecule has 0 radical (unpaired) electrons. The molecule has 13 heavy (non-hydrogen) atoms. The minimum absolute atomic E-state index is 0.736. The number of rotatable bonds is 6. The highest BCUT2D eigenvalue weighted by atomic mass is 79.9. The van der Waals surface area contributed by atoms with Crippen LogP contribution in [0.2, 0.25) is 0 Å². The van der Waals surface area contributed by atoms with Crippen LogP contribution in [0.5, 0.6) is 0 Å². The lowest BCUT2D eigenvalue weighted by atomic mass is 10.1. The molecule has 0 aromatic heterocycles. The average Bonchev–Trinajstić information content (AvgIpc) is 2.64. The molecule has 1 N–H and O–H groups in total. The van der Waals surface area contributed by atoms with Crippen LogP contribution in [0.25, 0.3) is 0 Å². The first kappa shape index (κ1) is 11.5. The lowest BCUT2D eigenvalue weighted by molar-refractivity contribution is 0.418. The third-order valence-corrected chi connectivity index (χ3v) is 3.58. The maximum atomic E-state index is 3.68. The summed E-state index contributed by atoms with van der Waals surface area (Å²) in [4.78, 5) is 0. The molecule has 0 bridgehead atoms. The molecule has 0 aromatic rings. The van der Waals surface area contributed by atoms with Gasteiger partial charge in [-0.1, -0.05) is 35.7 Å². The van der Waals surface area contributed by atoms with E-state index in [1.54, 1.807) is 0 Å². The second-order valence-corrected chi connectivity index (χ2v) is 4.93. The molecule has 1 aliphatic rings. The zero-order valence-electron chi connectivity index (χ0n) is 8.69. The van der Waals surface area contributed by atoms with Crippen LogP contribution in [-0.4, -0.2) is 17.9 Å². The Hall–Kier alpha value is 0.440. The van der Waals surface area contributed by atoms with E-state index in [0.717, 1.165) is 17.3 Å². The number of hydrogen-bond donors (Lipinski definition) is 1. The molecule has 1 nitrogen and oxygen atoms in total. The molecule has 0 aromatic carbocycles. The largest absolute Gasteiger partial charge is 0.314 e. The van der Waals surface area contributed by atoms with E-state index in [1.807, 2.05) is 0 Å². The Morgan fingerprint density at radius 3 is 2.62 bits per heavy atom. The van der Waals surface area contributed by atoms with Gasteiger partial charge in [-0.15, -0.1) is 0 Å². The van der Waals surface area contributed by atoms with E-state index in [9.17, 15) is 0 Å². The Balaban J connectivity index is 2.07. The summed E-state index contributed by atoms with van der Waals surface area (Å²) in [6.45, 7) is 3.53. The van der Waals surface area contributed by atoms with Gasteiger partial charge in [0.15, 0.2) is 0 Å². The molecule has 0 saturated heterocycles. The predicted octanol–water partition coefficient (Wildman–Crippen LogP) is 3.33. The first-order valence-corrected chi connectivity index (χ1v) is 6.78. The number of alkyl halides is 1. The standard InChI is InChI=1S/C11H22BrN/c1-2-11(7-8-12)13-9-10-5-3-4-6-10/h10-11,13H,2-9H2,1H3. The van der Waals surface area contributed by atoms with Crippen LogP contribution in [0.1, 0.15) is 45.4 Å². The van der Waals surface area contributed by atoms with Crippen molar-refractivity contribution in [2.75, 3.05) is 11.9 Å². The van der Waals surface area contributed by atoms with Gasteiger partial charge in [0.05, 0.1) is 0 Å². The molecule has 1 rings (SSSR count). The maximum Gasteiger partial charge on any atom is 0.00725 e. The quantitative estimate of drug-likeness (QED) is 0.711. The Morgan fingerprint density at radius 2 is 2.08 bits per heavy atom. The normalized spacial score (nSPS) is 20.8. The third-order valence-electron chi connectivity index (χ3n) is 3.12. The molecule has 1 fully saturated rings. The number of hydrogen-bond acceptors (Lipinski definition) is 1. The van der Waals surface area contributed by atoms with Crippen molar-refractivity contribution < 1.29 is 0 Å². The van der Waals surface area contributed by atoms with E-state index < -0.39 is 0 Å². The zero-order valence-corrected chi connectivity index (χ0v) is 10.3. The summed E-state index contributed by atoms with van der Waals surface area (Å²) in [5.74, 6) is 0.976. The molecule has 0 spiro atoms. The van der Waals surface area contributed by atoms with Crippen LogP contribution in [0.4, 0.5) is 0 Å². The molecule has 1 atom stereocenters. The van der Waals surface area contributed by atoms with Gasteiger partial charge in [0.2, 0.25) is 0 Å². The minimum atomic E-state index is 0.736. The minimum Gasteiger partial charge on any atom is -0.314 e. The van der Waals surface area contributed by atoms with Gasteiger partial charge in [-0.2, -0.15) is 0 Å². The number of halogens is 1. The molecular formula is C11H22BrN. The highest BCUT2D eigenvalue weighted by Crippen LogP contribution is 2.23. The molecule has 1 aliphatic carbocycles. The van der Waals surface area contributed by atoms with E-state index in [2.05, 4.69) is 28.2 Å². The van der Waals surface area contributed by atoms with Gasteiger partial charge in [0, 0.05) is 11.4 Å². The molecule has 1 saturated carbocycles. The van der Waals surface area contributed by atoms with Gasteiger partial charge < -0.3 is 5.32 Å². The zero-order chi connectivity index (χ0) is 9.52. The fourth-order valence-electron chi connectivity index (χ4n) is 2.13. The molecular weight excluding hydrogens is 226 g/mol. The second-order valence-electron chi connectivity index (χ2n) is 4.14. The lowest BCUT2D eigenvalue weighted by Crippen LogP contribution is -2.32. The van der Waals surface area contributed by atoms with E-state index in [1.165, 1.54) is 45.1 Å². The van der Waals surface area contributed by atoms with Gasteiger partial charge >= 0.3 is 0 Å². The van der Waals surface area contributed by atoms with Crippen molar-refractivity contribution in [2.45, 2.75) is 51.5 Å². The van der Waals surface area contributed by atoms with E-state index in [-0.39, 0.29) is 0 Å². The summed E-state index contributed by atoms with van der Waals surface area (Å²) in [5.41, 5.74) is 0.